The Morgan fingerprint density at radius 2 is 2.24 bits per heavy atom. The Kier molecular flexibility index (Phi) is 3.71. The number of hydrogen-bond acceptors (Lipinski definition) is 4. The van der Waals surface area contributed by atoms with Crippen LogP contribution in [0, 0.1) is 0 Å². The molecule has 1 saturated heterocycles. The van der Waals surface area contributed by atoms with Gasteiger partial charge in [-0.1, -0.05) is 15.9 Å². The number of aliphatic hydroxyl groups excluding tert-OH is 1. The van der Waals surface area contributed by atoms with Crippen molar-refractivity contribution in [2.24, 2.45) is 0 Å². The number of ether oxygens (including phenoxy) is 1. The zero-order valence-corrected chi connectivity index (χ0v) is 13.7. The molecule has 2 aliphatic rings. The zero-order chi connectivity index (χ0) is 15.2. The second-order valence-corrected chi connectivity index (χ2v) is 6.96. The highest BCUT2D eigenvalue weighted by atomic mass is 79.9. The SMILES string of the molecule is CC1(C)Oc2ccc(Br)cc2[C@@H](N2CCNCC2=O)[C@@H]1O. The molecule has 3 rings (SSSR count). The largest absolute Gasteiger partial charge is 0.485 e. The minimum absolute atomic E-state index is 0.00826. The lowest BCUT2D eigenvalue weighted by molar-refractivity contribution is -0.145. The first-order chi connectivity index (χ1) is 9.90. The molecule has 5 nitrogen and oxygen atoms in total. The minimum atomic E-state index is -0.777. The van der Waals surface area contributed by atoms with E-state index in [1.165, 1.54) is 0 Å². The fourth-order valence-corrected chi connectivity index (χ4v) is 3.37. The number of carbonyl (C=O) groups excluding carboxylic acids is 1. The van der Waals surface area contributed by atoms with Crippen LogP contribution in [0.5, 0.6) is 5.75 Å². The molecule has 21 heavy (non-hydrogen) atoms. The van der Waals surface area contributed by atoms with Gasteiger partial charge in [0, 0.05) is 23.1 Å². The Balaban J connectivity index is 2.08. The molecule has 1 aromatic carbocycles. The predicted octanol–water partition coefficient (Wildman–Crippen LogP) is 1.45. The third-order valence-corrected chi connectivity index (χ3v) is 4.63. The van der Waals surface area contributed by atoms with Gasteiger partial charge in [-0.05, 0) is 32.0 Å². The van der Waals surface area contributed by atoms with Crippen LogP contribution < -0.4 is 10.1 Å². The summed E-state index contributed by atoms with van der Waals surface area (Å²) in [5.74, 6) is 0.735. The highest BCUT2D eigenvalue weighted by molar-refractivity contribution is 9.10. The molecule has 0 radical (unpaired) electrons. The highest BCUT2D eigenvalue weighted by Crippen LogP contribution is 2.43. The van der Waals surface area contributed by atoms with Crippen LogP contribution in [0.25, 0.3) is 0 Å². The topological polar surface area (TPSA) is 61.8 Å². The fraction of sp³-hybridized carbons (Fsp3) is 0.533. The zero-order valence-electron chi connectivity index (χ0n) is 12.1. The molecule has 114 valence electrons. The number of carbonyl (C=O) groups is 1. The van der Waals surface area contributed by atoms with E-state index in [4.69, 9.17) is 4.74 Å². The maximum Gasteiger partial charge on any atom is 0.237 e. The molecule has 1 amide bonds. The van der Waals surface area contributed by atoms with Gasteiger partial charge in [0.2, 0.25) is 5.91 Å². The number of benzene rings is 1. The van der Waals surface area contributed by atoms with Gasteiger partial charge >= 0.3 is 0 Å². The third-order valence-electron chi connectivity index (χ3n) is 4.14. The predicted molar refractivity (Wildman–Crippen MR) is 82.2 cm³/mol. The van der Waals surface area contributed by atoms with Gasteiger partial charge in [0.1, 0.15) is 17.5 Å². The van der Waals surface area contributed by atoms with Gasteiger partial charge in [0.25, 0.3) is 0 Å². The van der Waals surface area contributed by atoms with Crippen LogP contribution in [0.1, 0.15) is 25.5 Å². The van der Waals surface area contributed by atoms with Crippen molar-refractivity contribution in [3.63, 3.8) is 0 Å². The third kappa shape index (κ3) is 2.56. The van der Waals surface area contributed by atoms with Gasteiger partial charge in [-0.25, -0.2) is 0 Å². The van der Waals surface area contributed by atoms with Crippen LogP contribution in [0.2, 0.25) is 0 Å². The molecule has 2 atom stereocenters. The standard InChI is InChI=1S/C15H19BrN2O3/c1-15(2)14(20)13(18-6-5-17-8-12(18)19)10-7-9(16)3-4-11(10)21-15/h3-4,7,13-14,17,20H,5-6,8H2,1-2H3/t13-,14+/m1/s1. The van der Waals surface area contributed by atoms with E-state index >= 15 is 0 Å². The summed E-state index contributed by atoms with van der Waals surface area (Å²) in [6, 6.07) is 5.33. The molecule has 1 fully saturated rings. The van der Waals surface area contributed by atoms with Gasteiger partial charge in [-0.15, -0.1) is 0 Å². The Morgan fingerprint density at radius 1 is 1.48 bits per heavy atom. The molecule has 2 aliphatic heterocycles. The average molecular weight is 355 g/mol. The van der Waals surface area contributed by atoms with E-state index in [1.807, 2.05) is 32.0 Å². The first-order valence-corrected chi connectivity index (χ1v) is 7.86. The normalized spacial score (nSPS) is 28.0. The molecule has 6 heteroatoms. The van der Waals surface area contributed by atoms with Crippen LogP contribution in [0.4, 0.5) is 0 Å². The summed E-state index contributed by atoms with van der Waals surface area (Å²) in [5.41, 5.74) is 0.114. The monoisotopic (exact) mass is 354 g/mol. The number of fused-ring (bicyclic) bond motifs is 1. The number of piperazine rings is 1. The van der Waals surface area contributed by atoms with E-state index in [0.717, 1.165) is 22.3 Å². The molecule has 1 aromatic rings. The van der Waals surface area contributed by atoms with Gasteiger partial charge in [0.15, 0.2) is 0 Å². The van der Waals surface area contributed by atoms with Crippen LogP contribution in [-0.4, -0.2) is 47.3 Å². The first-order valence-electron chi connectivity index (χ1n) is 7.07. The summed E-state index contributed by atoms with van der Waals surface area (Å²) < 4.78 is 6.83. The van der Waals surface area contributed by atoms with Gasteiger partial charge in [-0.3, -0.25) is 4.79 Å². The average Bonchev–Trinajstić information content (AvgIpc) is 2.42. The van der Waals surface area contributed by atoms with Crippen molar-refractivity contribution >= 4 is 21.8 Å². The van der Waals surface area contributed by atoms with Gasteiger partial charge < -0.3 is 20.1 Å². The van der Waals surface area contributed by atoms with E-state index in [-0.39, 0.29) is 11.9 Å². The maximum absolute atomic E-state index is 12.2. The van der Waals surface area contributed by atoms with Gasteiger partial charge in [-0.2, -0.15) is 0 Å². The van der Waals surface area contributed by atoms with Gasteiger partial charge in [0.05, 0.1) is 12.6 Å². The summed E-state index contributed by atoms with van der Waals surface area (Å²) in [7, 11) is 0. The molecule has 2 heterocycles. The molecular weight excluding hydrogens is 336 g/mol. The molecule has 0 spiro atoms. The van der Waals surface area contributed by atoms with Crippen LogP contribution >= 0.6 is 15.9 Å². The number of halogens is 1. The maximum atomic E-state index is 12.2. The van der Waals surface area contributed by atoms with E-state index < -0.39 is 11.7 Å². The minimum Gasteiger partial charge on any atom is -0.485 e. The number of amides is 1. The van der Waals surface area contributed by atoms with E-state index in [2.05, 4.69) is 21.2 Å². The summed E-state index contributed by atoms with van der Waals surface area (Å²) in [4.78, 5) is 14.0. The van der Waals surface area contributed by atoms with Crippen molar-refractivity contribution in [2.45, 2.75) is 31.6 Å². The van der Waals surface area contributed by atoms with Crippen molar-refractivity contribution in [3.8, 4) is 5.75 Å². The smallest absolute Gasteiger partial charge is 0.237 e. The molecule has 0 bridgehead atoms. The number of nitrogens with one attached hydrogen (secondary N) is 1. The van der Waals surface area contributed by atoms with Crippen molar-refractivity contribution in [3.05, 3.63) is 28.2 Å². The lowest BCUT2D eigenvalue weighted by Gasteiger charge is -2.47. The Morgan fingerprint density at radius 3 is 2.95 bits per heavy atom. The highest BCUT2D eigenvalue weighted by Gasteiger charge is 2.46. The number of nitrogens with zero attached hydrogens (tertiary/aromatic N) is 1. The summed E-state index contributed by atoms with van der Waals surface area (Å²) in [6.45, 7) is 5.33. The Bertz CT molecular complexity index is 576. The lowest BCUT2D eigenvalue weighted by atomic mass is 9.85. The second-order valence-electron chi connectivity index (χ2n) is 6.04. The van der Waals surface area contributed by atoms with Crippen molar-refractivity contribution < 1.29 is 14.6 Å². The summed E-state index contributed by atoms with van der Waals surface area (Å²) in [6.07, 6.45) is -0.777. The van der Waals surface area contributed by atoms with E-state index in [0.29, 0.717) is 13.1 Å². The van der Waals surface area contributed by atoms with Crippen molar-refractivity contribution in [1.29, 1.82) is 0 Å². The molecule has 0 aromatic heterocycles. The molecule has 2 N–H and O–H groups in total. The number of aliphatic hydroxyl groups is 1. The Hall–Kier alpha value is -1.11. The van der Waals surface area contributed by atoms with E-state index in [9.17, 15) is 9.90 Å². The van der Waals surface area contributed by atoms with E-state index in [1.54, 1.807) is 4.90 Å². The molecule has 0 unspecified atom stereocenters. The van der Waals surface area contributed by atoms with Crippen molar-refractivity contribution in [1.82, 2.24) is 10.2 Å². The Labute approximate surface area is 132 Å². The number of hydrogen-bond donors (Lipinski definition) is 2. The first kappa shape index (κ1) is 14.8. The van der Waals surface area contributed by atoms with Crippen LogP contribution in [-0.2, 0) is 4.79 Å². The van der Waals surface area contributed by atoms with Crippen LogP contribution in [0.3, 0.4) is 0 Å². The quantitative estimate of drug-likeness (QED) is 0.801. The molecule has 0 aliphatic carbocycles. The molecule has 0 saturated carbocycles. The fourth-order valence-electron chi connectivity index (χ4n) is 2.99. The number of rotatable bonds is 1. The molecular formula is C15H19BrN2O3. The lowest BCUT2D eigenvalue weighted by Crippen LogP contribution is -2.58. The summed E-state index contributed by atoms with van der Waals surface area (Å²) in [5, 5.41) is 13.8. The second kappa shape index (κ2) is 5.26. The summed E-state index contributed by atoms with van der Waals surface area (Å²) >= 11 is 3.45. The van der Waals surface area contributed by atoms with Crippen LogP contribution in [0.15, 0.2) is 22.7 Å². The van der Waals surface area contributed by atoms with Crippen molar-refractivity contribution in [2.75, 3.05) is 19.6 Å².